The van der Waals surface area contributed by atoms with Gasteiger partial charge in [-0.05, 0) is 13.0 Å². The Bertz CT molecular complexity index is 338. The number of rotatable bonds is 6. The molecule has 0 saturated carbocycles. The third kappa shape index (κ3) is 5.47. The molecule has 0 unspecified atom stereocenters. The van der Waals surface area contributed by atoms with Gasteiger partial charge < -0.3 is 5.73 Å². The number of halogens is 3. The lowest BCUT2D eigenvalue weighted by atomic mass is 10.3. The number of hydrogen-bond donors (Lipinski definition) is 1. The quantitative estimate of drug-likeness (QED) is 0.860. The van der Waals surface area contributed by atoms with Gasteiger partial charge in [0, 0.05) is 18.5 Å². The van der Waals surface area contributed by atoms with Crippen LogP contribution < -0.4 is 5.73 Å². The van der Waals surface area contributed by atoms with E-state index >= 15 is 0 Å². The van der Waals surface area contributed by atoms with Crippen molar-refractivity contribution in [2.75, 3.05) is 13.1 Å². The van der Waals surface area contributed by atoms with Crippen molar-refractivity contribution in [3.05, 3.63) is 16.1 Å². The summed E-state index contributed by atoms with van der Waals surface area (Å²) in [4.78, 5) is 5.52. The first-order chi connectivity index (χ1) is 7.94. The molecule has 98 valence electrons. The van der Waals surface area contributed by atoms with Crippen molar-refractivity contribution < 1.29 is 13.2 Å². The molecule has 1 aromatic heterocycles. The van der Waals surface area contributed by atoms with Crippen LogP contribution in [0.2, 0.25) is 0 Å². The number of alkyl halides is 3. The third-order valence-corrected chi connectivity index (χ3v) is 3.02. The molecular weight excluding hydrogens is 251 g/mol. The van der Waals surface area contributed by atoms with Gasteiger partial charge in [-0.2, -0.15) is 13.2 Å². The van der Waals surface area contributed by atoms with Crippen molar-refractivity contribution in [2.45, 2.75) is 32.6 Å². The molecule has 17 heavy (non-hydrogen) atoms. The summed E-state index contributed by atoms with van der Waals surface area (Å²) in [6.45, 7) is 1.93. The molecular formula is C10H16F3N3S. The van der Waals surface area contributed by atoms with E-state index in [2.05, 4.69) is 4.98 Å². The zero-order valence-electron chi connectivity index (χ0n) is 9.63. The van der Waals surface area contributed by atoms with E-state index in [0.717, 1.165) is 5.01 Å². The van der Waals surface area contributed by atoms with Gasteiger partial charge in [0.15, 0.2) is 0 Å². The minimum Gasteiger partial charge on any atom is -0.325 e. The fraction of sp³-hybridized carbons (Fsp3) is 0.700. The summed E-state index contributed by atoms with van der Waals surface area (Å²) < 4.78 is 37.0. The average Bonchev–Trinajstić information content (AvgIpc) is 2.63. The van der Waals surface area contributed by atoms with Crippen LogP contribution in [-0.2, 0) is 13.1 Å². The molecule has 3 nitrogen and oxygen atoms in total. The van der Waals surface area contributed by atoms with E-state index in [1.165, 1.54) is 16.2 Å². The van der Waals surface area contributed by atoms with Gasteiger partial charge in [-0.1, -0.05) is 6.92 Å². The molecule has 0 radical (unpaired) electrons. The Hall–Kier alpha value is -0.660. The van der Waals surface area contributed by atoms with Crippen molar-refractivity contribution in [2.24, 2.45) is 5.73 Å². The van der Waals surface area contributed by atoms with E-state index in [1.54, 1.807) is 5.38 Å². The maximum Gasteiger partial charge on any atom is 0.401 e. The summed E-state index contributed by atoms with van der Waals surface area (Å²) in [5, 5.41) is 2.52. The summed E-state index contributed by atoms with van der Waals surface area (Å²) >= 11 is 1.38. The topological polar surface area (TPSA) is 42.1 Å². The normalized spacial score (nSPS) is 12.4. The smallest absolute Gasteiger partial charge is 0.325 e. The summed E-state index contributed by atoms with van der Waals surface area (Å²) in [7, 11) is 0. The lowest BCUT2D eigenvalue weighted by Gasteiger charge is -2.21. The number of nitrogens with zero attached hydrogens (tertiary/aromatic N) is 2. The van der Waals surface area contributed by atoms with Gasteiger partial charge in [0.2, 0.25) is 0 Å². The molecule has 1 heterocycles. The molecule has 0 atom stereocenters. The van der Waals surface area contributed by atoms with Gasteiger partial charge in [-0.3, -0.25) is 4.90 Å². The van der Waals surface area contributed by atoms with Crippen LogP contribution in [-0.4, -0.2) is 29.1 Å². The van der Waals surface area contributed by atoms with Crippen LogP contribution in [0, 0.1) is 0 Å². The van der Waals surface area contributed by atoms with Crippen LogP contribution in [0.1, 0.15) is 24.0 Å². The standard InChI is InChI=1S/C10H16F3N3S/c1-2-3-16(7-10(11,12)13)5-8-6-17-9(4-14)15-8/h6H,2-5,7,14H2,1H3. The SMILES string of the molecule is CCCN(Cc1csc(CN)n1)CC(F)(F)F. The summed E-state index contributed by atoms with van der Waals surface area (Å²) in [6.07, 6.45) is -3.48. The van der Waals surface area contributed by atoms with E-state index in [1.807, 2.05) is 6.92 Å². The molecule has 0 fully saturated rings. The van der Waals surface area contributed by atoms with Crippen LogP contribution in [0.4, 0.5) is 13.2 Å². The van der Waals surface area contributed by atoms with E-state index in [4.69, 9.17) is 5.73 Å². The Kier molecular flexibility index (Phi) is 5.35. The largest absolute Gasteiger partial charge is 0.401 e. The zero-order valence-corrected chi connectivity index (χ0v) is 10.4. The summed E-state index contributed by atoms with van der Waals surface area (Å²) in [5.41, 5.74) is 6.07. The monoisotopic (exact) mass is 267 g/mol. The Labute approximate surface area is 102 Å². The maximum absolute atomic E-state index is 12.3. The highest BCUT2D eigenvalue weighted by Gasteiger charge is 2.30. The van der Waals surface area contributed by atoms with Gasteiger partial charge >= 0.3 is 6.18 Å². The van der Waals surface area contributed by atoms with Crippen molar-refractivity contribution >= 4 is 11.3 Å². The molecule has 0 aliphatic rings. The highest BCUT2D eigenvalue weighted by molar-refractivity contribution is 7.09. The highest BCUT2D eigenvalue weighted by Crippen LogP contribution is 2.19. The minimum atomic E-state index is -4.16. The molecule has 2 N–H and O–H groups in total. The molecule has 1 aromatic rings. The van der Waals surface area contributed by atoms with Crippen LogP contribution >= 0.6 is 11.3 Å². The van der Waals surface area contributed by atoms with Gasteiger partial charge in [0.05, 0.1) is 12.2 Å². The first kappa shape index (κ1) is 14.4. The van der Waals surface area contributed by atoms with E-state index in [-0.39, 0.29) is 6.54 Å². The Morgan fingerprint density at radius 1 is 1.47 bits per heavy atom. The lowest BCUT2D eigenvalue weighted by molar-refractivity contribution is -0.147. The fourth-order valence-corrected chi connectivity index (χ4v) is 2.19. The molecule has 0 spiro atoms. The van der Waals surface area contributed by atoms with E-state index < -0.39 is 12.7 Å². The van der Waals surface area contributed by atoms with Crippen LogP contribution in [0.5, 0.6) is 0 Å². The molecule has 0 amide bonds. The second-order valence-electron chi connectivity index (χ2n) is 3.76. The number of thiazole rings is 1. The van der Waals surface area contributed by atoms with Crippen molar-refractivity contribution in [1.29, 1.82) is 0 Å². The van der Waals surface area contributed by atoms with Crippen molar-refractivity contribution in [3.63, 3.8) is 0 Å². The Balaban J connectivity index is 2.59. The van der Waals surface area contributed by atoms with Crippen LogP contribution in [0.25, 0.3) is 0 Å². The highest BCUT2D eigenvalue weighted by atomic mass is 32.1. The van der Waals surface area contributed by atoms with Crippen molar-refractivity contribution in [3.8, 4) is 0 Å². The first-order valence-corrected chi connectivity index (χ1v) is 6.25. The lowest BCUT2D eigenvalue weighted by Crippen LogP contribution is -2.34. The van der Waals surface area contributed by atoms with Crippen LogP contribution in [0.3, 0.4) is 0 Å². The zero-order chi connectivity index (χ0) is 12.9. The number of nitrogens with two attached hydrogens (primary N) is 1. The molecule has 0 aliphatic carbocycles. The van der Waals surface area contributed by atoms with Gasteiger partial charge in [0.25, 0.3) is 0 Å². The van der Waals surface area contributed by atoms with Crippen molar-refractivity contribution in [1.82, 2.24) is 9.88 Å². The Morgan fingerprint density at radius 3 is 2.65 bits per heavy atom. The predicted molar refractivity (Wildman–Crippen MR) is 61.6 cm³/mol. The summed E-state index contributed by atoms with van der Waals surface area (Å²) in [6, 6.07) is 0. The average molecular weight is 267 g/mol. The van der Waals surface area contributed by atoms with E-state index in [0.29, 0.717) is 25.2 Å². The molecule has 7 heteroatoms. The molecule has 0 aliphatic heterocycles. The third-order valence-electron chi connectivity index (χ3n) is 2.10. The minimum absolute atomic E-state index is 0.226. The van der Waals surface area contributed by atoms with Gasteiger partial charge in [0.1, 0.15) is 5.01 Å². The molecule has 1 rings (SSSR count). The van der Waals surface area contributed by atoms with Gasteiger partial charge in [-0.25, -0.2) is 4.98 Å². The second-order valence-corrected chi connectivity index (χ2v) is 4.71. The van der Waals surface area contributed by atoms with E-state index in [9.17, 15) is 13.2 Å². The molecule has 0 aromatic carbocycles. The first-order valence-electron chi connectivity index (χ1n) is 5.37. The van der Waals surface area contributed by atoms with Crippen LogP contribution in [0.15, 0.2) is 5.38 Å². The second kappa shape index (κ2) is 6.32. The maximum atomic E-state index is 12.3. The number of aromatic nitrogens is 1. The predicted octanol–water partition coefficient (Wildman–Crippen LogP) is 2.38. The fourth-order valence-electron chi connectivity index (χ4n) is 1.53. The molecule has 0 saturated heterocycles. The van der Waals surface area contributed by atoms with Gasteiger partial charge in [-0.15, -0.1) is 11.3 Å². The number of hydrogen-bond acceptors (Lipinski definition) is 4. The Morgan fingerprint density at radius 2 is 2.18 bits per heavy atom. The molecule has 0 bridgehead atoms. The summed E-state index contributed by atoms with van der Waals surface area (Å²) in [5.74, 6) is 0.